The molecule has 15 heavy (non-hydrogen) atoms. The van der Waals surface area contributed by atoms with Crippen LogP contribution in [0.15, 0.2) is 22.0 Å². The molecule has 2 N–H and O–H groups in total. The maximum absolute atomic E-state index is 5.80. The molecule has 0 radical (unpaired) electrons. The summed E-state index contributed by atoms with van der Waals surface area (Å²) in [5, 5.41) is 0.624. The highest BCUT2D eigenvalue weighted by molar-refractivity contribution is 8.01. The highest BCUT2D eigenvalue weighted by Crippen LogP contribution is 2.33. The van der Waals surface area contributed by atoms with Crippen LogP contribution in [0.25, 0.3) is 0 Å². The van der Waals surface area contributed by atoms with Crippen molar-refractivity contribution in [2.75, 3.05) is 12.8 Å². The Morgan fingerprint density at radius 1 is 1.33 bits per heavy atom. The summed E-state index contributed by atoms with van der Waals surface area (Å²) in [5.41, 5.74) is 6.21. The van der Waals surface area contributed by atoms with Crippen molar-refractivity contribution < 1.29 is 4.74 Å². The van der Waals surface area contributed by atoms with E-state index >= 15 is 0 Å². The van der Waals surface area contributed by atoms with Gasteiger partial charge in [0.05, 0.1) is 7.11 Å². The van der Waals surface area contributed by atoms with Crippen molar-refractivity contribution in [3.63, 3.8) is 0 Å². The van der Waals surface area contributed by atoms with Crippen LogP contribution in [-0.2, 0) is 0 Å². The molecule has 0 saturated carbocycles. The lowest BCUT2D eigenvalue weighted by atomic mass is 10.5. The largest absolute Gasteiger partial charge is 0.479 e. The Kier molecular flexibility index (Phi) is 2.97. The van der Waals surface area contributed by atoms with Gasteiger partial charge in [0, 0.05) is 0 Å². The second-order valence-electron chi connectivity index (χ2n) is 2.41. The molecule has 0 spiro atoms. The summed E-state index contributed by atoms with van der Waals surface area (Å²) in [5.74, 6) is 0.372. The zero-order chi connectivity index (χ0) is 10.7. The van der Waals surface area contributed by atoms with E-state index in [1.54, 1.807) is 0 Å². The zero-order valence-corrected chi connectivity index (χ0v) is 9.38. The molecule has 78 valence electrons. The molecule has 0 saturated heterocycles. The number of nitrogen functional groups attached to an aromatic ring is 1. The number of hydrogen-bond donors (Lipinski definition) is 1. The van der Waals surface area contributed by atoms with Gasteiger partial charge in [0.1, 0.15) is 23.4 Å². The first-order valence-electron chi connectivity index (χ1n) is 3.90. The van der Waals surface area contributed by atoms with E-state index in [2.05, 4.69) is 19.3 Å². The predicted molar refractivity (Wildman–Crippen MR) is 57.0 cm³/mol. The molecule has 0 aliphatic rings. The fourth-order valence-corrected chi connectivity index (χ4v) is 2.25. The maximum atomic E-state index is 5.80. The number of hydrogen-bond acceptors (Lipinski definition) is 8. The molecule has 2 aromatic rings. The minimum absolute atomic E-state index is 0.372. The summed E-state index contributed by atoms with van der Waals surface area (Å²) in [6.45, 7) is 0. The second-order valence-corrected chi connectivity index (χ2v) is 4.43. The van der Waals surface area contributed by atoms with Crippen LogP contribution < -0.4 is 10.5 Å². The van der Waals surface area contributed by atoms with E-state index in [1.165, 1.54) is 43.1 Å². The van der Waals surface area contributed by atoms with Gasteiger partial charge in [-0.05, 0) is 23.3 Å². The minimum Gasteiger partial charge on any atom is -0.479 e. The molecule has 0 unspecified atom stereocenters. The first-order chi connectivity index (χ1) is 7.31. The molecule has 0 fully saturated rings. The van der Waals surface area contributed by atoms with Crippen molar-refractivity contribution in [1.29, 1.82) is 0 Å². The summed E-state index contributed by atoms with van der Waals surface area (Å²) >= 11 is 2.62. The van der Waals surface area contributed by atoms with Crippen LogP contribution >= 0.6 is 23.3 Å². The molecule has 2 heterocycles. The lowest BCUT2D eigenvalue weighted by Gasteiger charge is -2.05. The molecule has 6 nitrogen and oxygen atoms in total. The van der Waals surface area contributed by atoms with Gasteiger partial charge in [-0.25, -0.2) is 9.97 Å². The van der Waals surface area contributed by atoms with Crippen LogP contribution in [0.2, 0.25) is 0 Å². The number of anilines is 1. The summed E-state index contributed by atoms with van der Waals surface area (Å²) in [7, 11) is 1.51. The van der Waals surface area contributed by atoms with Crippen LogP contribution in [0.3, 0.4) is 0 Å². The Hall–Kier alpha value is -1.41. The number of rotatable bonds is 3. The first kappa shape index (κ1) is 10.1. The monoisotopic (exact) mass is 241 g/mol. The molecule has 0 atom stereocenters. The van der Waals surface area contributed by atoms with E-state index < -0.39 is 0 Å². The van der Waals surface area contributed by atoms with Gasteiger partial charge in [-0.2, -0.15) is 9.36 Å². The van der Waals surface area contributed by atoms with Crippen molar-refractivity contribution in [3.05, 3.63) is 12.7 Å². The fourth-order valence-electron chi connectivity index (χ4n) is 0.899. The molecule has 0 bridgehead atoms. The smallest absolute Gasteiger partial charge is 0.241 e. The Morgan fingerprint density at radius 3 is 2.87 bits per heavy atom. The van der Waals surface area contributed by atoms with E-state index in [1.807, 2.05) is 0 Å². The Bertz CT molecular complexity index is 447. The molecular weight excluding hydrogens is 234 g/mol. The van der Waals surface area contributed by atoms with Crippen molar-refractivity contribution in [3.8, 4) is 5.88 Å². The molecule has 0 aromatic carbocycles. The third-order valence-electron chi connectivity index (χ3n) is 1.53. The molecule has 2 rings (SSSR count). The maximum Gasteiger partial charge on any atom is 0.241 e. The number of aromatic nitrogens is 4. The Labute approximate surface area is 94.1 Å². The molecule has 8 heteroatoms. The topological polar surface area (TPSA) is 86.8 Å². The van der Waals surface area contributed by atoms with Crippen molar-refractivity contribution in [2.24, 2.45) is 0 Å². The third-order valence-corrected chi connectivity index (χ3v) is 3.26. The fraction of sp³-hybridized carbons (Fsp3) is 0.143. The van der Waals surface area contributed by atoms with Gasteiger partial charge in [-0.1, -0.05) is 0 Å². The van der Waals surface area contributed by atoms with E-state index in [4.69, 9.17) is 10.5 Å². The van der Waals surface area contributed by atoms with E-state index in [0.717, 1.165) is 4.34 Å². The first-order valence-corrected chi connectivity index (χ1v) is 5.49. The molecule has 0 aliphatic heterocycles. The van der Waals surface area contributed by atoms with Gasteiger partial charge in [0.15, 0.2) is 4.34 Å². The number of nitrogens with zero attached hydrogens (tertiary/aromatic N) is 4. The molecular formula is C7H7N5OS2. The van der Waals surface area contributed by atoms with Gasteiger partial charge in [-0.15, -0.1) is 0 Å². The van der Waals surface area contributed by atoms with E-state index in [-0.39, 0.29) is 0 Å². The SMILES string of the molecule is COc1ncnc(Sc2ncns2)c1N. The summed E-state index contributed by atoms with van der Waals surface area (Å²) in [6, 6.07) is 0. The molecule has 0 amide bonds. The molecule has 2 aromatic heterocycles. The predicted octanol–water partition coefficient (Wildman–Crippen LogP) is 1.07. The number of methoxy groups -OCH3 is 1. The lowest BCUT2D eigenvalue weighted by Crippen LogP contribution is -1.98. The lowest BCUT2D eigenvalue weighted by molar-refractivity contribution is 0.397. The van der Waals surface area contributed by atoms with Crippen molar-refractivity contribution >= 4 is 29.0 Å². The second kappa shape index (κ2) is 4.41. The van der Waals surface area contributed by atoms with Crippen LogP contribution in [0.5, 0.6) is 5.88 Å². The Morgan fingerprint density at radius 2 is 2.20 bits per heavy atom. The van der Waals surface area contributed by atoms with Crippen LogP contribution in [0, 0.1) is 0 Å². The van der Waals surface area contributed by atoms with E-state index in [0.29, 0.717) is 16.6 Å². The summed E-state index contributed by atoms with van der Waals surface area (Å²) < 4.78 is 9.65. The molecule has 0 aliphatic carbocycles. The third kappa shape index (κ3) is 2.16. The van der Waals surface area contributed by atoms with Crippen LogP contribution in [0.4, 0.5) is 5.69 Å². The van der Waals surface area contributed by atoms with Crippen LogP contribution in [-0.4, -0.2) is 26.4 Å². The van der Waals surface area contributed by atoms with Gasteiger partial charge >= 0.3 is 0 Å². The highest BCUT2D eigenvalue weighted by Gasteiger charge is 2.11. The number of ether oxygens (including phenoxy) is 1. The highest BCUT2D eigenvalue weighted by atomic mass is 32.2. The summed E-state index contributed by atoms with van der Waals surface area (Å²) in [6.07, 6.45) is 2.89. The van der Waals surface area contributed by atoms with Crippen molar-refractivity contribution in [1.82, 2.24) is 19.3 Å². The van der Waals surface area contributed by atoms with Gasteiger partial charge < -0.3 is 10.5 Å². The average molecular weight is 241 g/mol. The summed E-state index contributed by atoms with van der Waals surface area (Å²) in [4.78, 5) is 12.0. The number of nitrogens with two attached hydrogens (primary N) is 1. The van der Waals surface area contributed by atoms with Gasteiger partial charge in [-0.3, -0.25) is 0 Å². The average Bonchev–Trinajstić information content (AvgIpc) is 2.74. The zero-order valence-electron chi connectivity index (χ0n) is 7.75. The quantitative estimate of drug-likeness (QED) is 0.804. The van der Waals surface area contributed by atoms with Gasteiger partial charge in [0.2, 0.25) is 5.88 Å². The van der Waals surface area contributed by atoms with Gasteiger partial charge in [0.25, 0.3) is 0 Å². The standard InChI is InChI=1S/C7H7N5OS2/c1-13-5-4(8)6(10-2-9-5)14-7-11-3-12-15-7/h2-3H,8H2,1H3. The normalized spacial score (nSPS) is 10.2. The van der Waals surface area contributed by atoms with Crippen LogP contribution in [0.1, 0.15) is 0 Å². The van der Waals surface area contributed by atoms with Crippen molar-refractivity contribution in [2.45, 2.75) is 9.37 Å². The van der Waals surface area contributed by atoms with E-state index in [9.17, 15) is 0 Å². The Balaban J connectivity index is 2.29. The minimum atomic E-state index is 0.372.